The van der Waals surface area contributed by atoms with Gasteiger partial charge in [-0.05, 0) is 49.8 Å². The van der Waals surface area contributed by atoms with Crippen LogP contribution in [0.2, 0.25) is 0 Å². The van der Waals surface area contributed by atoms with Crippen LogP contribution >= 0.6 is 0 Å². The quantitative estimate of drug-likeness (QED) is 0.385. The summed E-state index contributed by atoms with van der Waals surface area (Å²) in [6.45, 7) is 2.18. The predicted octanol–water partition coefficient (Wildman–Crippen LogP) is 2.55. The van der Waals surface area contributed by atoms with E-state index >= 15 is 0 Å². The Morgan fingerprint density at radius 1 is 1.30 bits per heavy atom. The molecule has 1 saturated carbocycles. The van der Waals surface area contributed by atoms with Crippen LogP contribution in [0.4, 0.5) is 0 Å². The molecule has 3 N–H and O–H groups in total. The molecule has 0 radical (unpaired) electrons. The van der Waals surface area contributed by atoms with Gasteiger partial charge in [0.05, 0.1) is 0 Å². The number of amidine groups is 1. The van der Waals surface area contributed by atoms with E-state index in [0.717, 1.165) is 24.1 Å². The van der Waals surface area contributed by atoms with Gasteiger partial charge in [0.25, 0.3) is 0 Å². The zero-order chi connectivity index (χ0) is 13.9. The molecule has 3 rings (SSSR count). The smallest absolute Gasteiger partial charge is 0.170 e. The van der Waals surface area contributed by atoms with Crippen molar-refractivity contribution in [2.75, 3.05) is 6.54 Å². The summed E-state index contributed by atoms with van der Waals surface area (Å²) >= 11 is 0. The van der Waals surface area contributed by atoms with E-state index in [-0.39, 0.29) is 5.84 Å². The summed E-state index contributed by atoms with van der Waals surface area (Å²) in [6, 6.07) is 8.81. The SMILES string of the molecule is NC(=NO)c1cccc(CN2CCCC3CCCC32)c1. The molecule has 2 aliphatic rings. The van der Waals surface area contributed by atoms with E-state index in [2.05, 4.69) is 16.1 Å². The Morgan fingerprint density at radius 3 is 3.00 bits per heavy atom. The number of likely N-dealkylation sites (tertiary alicyclic amines) is 1. The highest BCUT2D eigenvalue weighted by Gasteiger charge is 2.34. The summed E-state index contributed by atoms with van der Waals surface area (Å²) in [4.78, 5) is 2.63. The molecule has 1 aromatic rings. The van der Waals surface area contributed by atoms with Gasteiger partial charge in [-0.25, -0.2) is 0 Å². The lowest BCUT2D eigenvalue weighted by Gasteiger charge is -2.37. The molecule has 1 heterocycles. The molecule has 0 bridgehead atoms. The highest BCUT2D eigenvalue weighted by molar-refractivity contribution is 5.97. The maximum Gasteiger partial charge on any atom is 0.170 e. The predicted molar refractivity (Wildman–Crippen MR) is 79.7 cm³/mol. The molecule has 2 fully saturated rings. The number of benzene rings is 1. The van der Waals surface area contributed by atoms with Crippen LogP contribution in [-0.2, 0) is 6.54 Å². The second-order valence-corrected chi connectivity index (χ2v) is 6.06. The molecular weight excluding hydrogens is 250 g/mol. The van der Waals surface area contributed by atoms with Gasteiger partial charge in [-0.1, -0.05) is 29.8 Å². The number of oxime groups is 1. The van der Waals surface area contributed by atoms with Gasteiger partial charge in [-0.3, -0.25) is 4.90 Å². The van der Waals surface area contributed by atoms with Crippen LogP contribution in [-0.4, -0.2) is 28.5 Å². The maximum absolute atomic E-state index is 8.78. The lowest BCUT2D eigenvalue weighted by atomic mass is 9.91. The fraction of sp³-hybridized carbons (Fsp3) is 0.562. The Labute approximate surface area is 120 Å². The van der Waals surface area contributed by atoms with Gasteiger partial charge >= 0.3 is 0 Å². The zero-order valence-electron chi connectivity index (χ0n) is 11.8. The first kappa shape index (κ1) is 13.4. The summed E-state index contributed by atoms with van der Waals surface area (Å²) in [5.74, 6) is 1.10. The molecule has 2 atom stereocenters. The van der Waals surface area contributed by atoms with E-state index in [4.69, 9.17) is 10.9 Å². The average molecular weight is 273 g/mol. The van der Waals surface area contributed by atoms with E-state index in [0.29, 0.717) is 0 Å². The van der Waals surface area contributed by atoms with Crippen molar-refractivity contribution < 1.29 is 5.21 Å². The average Bonchev–Trinajstić information content (AvgIpc) is 2.96. The standard InChI is InChI=1S/C16H23N3O/c17-16(18-20)14-6-1-4-12(10-14)11-19-9-3-7-13-5-2-8-15(13)19/h1,4,6,10,13,15,20H,2-3,5,7-9,11H2,(H2,17,18). The molecule has 4 heteroatoms. The Kier molecular flexibility index (Phi) is 3.92. The molecule has 1 aromatic carbocycles. The Balaban J connectivity index is 1.74. The van der Waals surface area contributed by atoms with Crippen molar-refractivity contribution in [3.8, 4) is 0 Å². The van der Waals surface area contributed by atoms with Crippen molar-refractivity contribution in [1.29, 1.82) is 0 Å². The first-order valence-corrected chi connectivity index (χ1v) is 7.59. The molecule has 0 aromatic heterocycles. The normalized spacial score (nSPS) is 27.5. The summed E-state index contributed by atoms with van der Waals surface area (Å²) in [6.07, 6.45) is 6.87. The van der Waals surface area contributed by atoms with E-state index in [9.17, 15) is 0 Å². The van der Waals surface area contributed by atoms with Crippen molar-refractivity contribution in [2.45, 2.75) is 44.7 Å². The summed E-state index contributed by atoms with van der Waals surface area (Å²) in [7, 11) is 0. The number of piperidine rings is 1. The largest absolute Gasteiger partial charge is 0.409 e. The first-order valence-electron chi connectivity index (χ1n) is 7.59. The van der Waals surface area contributed by atoms with Crippen molar-refractivity contribution in [1.82, 2.24) is 4.90 Å². The van der Waals surface area contributed by atoms with Crippen molar-refractivity contribution in [3.63, 3.8) is 0 Å². The summed E-state index contributed by atoms with van der Waals surface area (Å²) < 4.78 is 0. The molecular formula is C16H23N3O. The topological polar surface area (TPSA) is 61.9 Å². The van der Waals surface area contributed by atoms with Crippen molar-refractivity contribution >= 4 is 5.84 Å². The molecule has 1 aliphatic carbocycles. The zero-order valence-corrected chi connectivity index (χ0v) is 11.8. The van der Waals surface area contributed by atoms with E-state index in [1.54, 1.807) is 0 Å². The Bertz CT molecular complexity index is 500. The number of fused-ring (bicyclic) bond motifs is 1. The second kappa shape index (κ2) is 5.83. The van der Waals surface area contributed by atoms with E-state index in [1.807, 2.05) is 18.2 Å². The number of nitrogens with zero attached hydrogens (tertiary/aromatic N) is 2. The second-order valence-electron chi connectivity index (χ2n) is 6.06. The monoisotopic (exact) mass is 273 g/mol. The Hall–Kier alpha value is -1.55. The van der Waals surface area contributed by atoms with Gasteiger partial charge in [-0.2, -0.15) is 0 Å². The summed E-state index contributed by atoms with van der Waals surface area (Å²) in [5, 5.41) is 11.9. The maximum atomic E-state index is 8.78. The number of rotatable bonds is 3. The van der Waals surface area contributed by atoms with Crippen LogP contribution in [0.1, 0.15) is 43.2 Å². The molecule has 4 nitrogen and oxygen atoms in total. The van der Waals surface area contributed by atoms with Crippen LogP contribution < -0.4 is 5.73 Å². The van der Waals surface area contributed by atoms with Crippen LogP contribution in [0.15, 0.2) is 29.4 Å². The first-order chi connectivity index (χ1) is 9.78. The molecule has 2 unspecified atom stereocenters. The summed E-state index contributed by atoms with van der Waals surface area (Å²) in [5.41, 5.74) is 7.72. The van der Waals surface area contributed by atoms with Crippen LogP contribution in [0.5, 0.6) is 0 Å². The minimum absolute atomic E-state index is 0.184. The fourth-order valence-electron chi connectivity index (χ4n) is 3.87. The number of hydrogen-bond donors (Lipinski definition) is 2. The minimum atomic E-state index is 0.184. The molecule has 108 valence electrons. The molecule has 1 aliphatic heterocycles. The van der Waals surface area contributed by atoms with Crippen LogP contribution in [0.25, 0.3) is 0 Å². The third-order valence-electron chi connectivity index (χ3n) is 4.82. The lowest BCUT2D eigenvalue weighted by Crippen LogP contribution is -2.41. The van der Waals surface area contributed by atoms with E-state index < -0.39 is 0 Å². The van der Waals surface area contributed by atoms with Gasteiger partial charge in [0.2, 0.25) is 0 Å². The highest BCUT2D eigenvalue weighted by Crippen LogP contribution is 2.37. The minimum Gasteiger partial charge on any atom is -0.409 e. The molecule has 0 amide bonds. The molecule has 1 saturated heterocycles. The van der Waals surface area contributed by atoms with Crippen LogP contribution in [0.3, 0.4) is 0 Å². The van der Waals surface area contributed by atoms with Gasteiger partial charge in [-0.15, -0.1) is 0 Å². The lowest BCUT2D eigenvalue weighted by molar-refractivity contribution is 0.106. The third kappa shape index (κ3) is 2.66. The molecule has 0 spiro atoms. The van der Waals surface area contributed by atoms with Gasteiger partial charge in [0.1, 0.15) is 0 Å². The van der Waals surface area contributed by atoms with Gasteiger partial charge < -0.3 is 10.9 Å². The highest BCUT2D eigenvalue weighted by atomic mass is 16.4. The molecule has 20 heavy (non-hydrogen) atoms. The van der Waals surface area contributed by atoms with Gasteiger partial charge in [0, 0.05) is 18.2 Å². The van der Waals surface area contributed by atoms with Crippen molar-refractivity contribution in [2.24, 2.45) is 16.8 Å². The number of hydrogen-bond acceptors (Lipinski definition) is 3. The van der Waals surface area contributed by atoms with Gasteiger partial charge in [0.15, 0.2) is 5.84 Å². The number of nitrogens with two attached hydrogens (primary N) is 1. The van der Waals surface area contributed by atoms with Crippen LogP contribution in [0, 0.1) is 5.92 Å². The Morgan fingerprint density at radius 2 is 2.15 bits per heavy atom. The third-order valence-corrected chi connectivity index (χ3v) is 4.82. The van der Waals surface area contributed by atoms with Crippen molar-refractivity contribution in [3.05, 3.63) is 35.4 Å². The fourth-order valence-corrected chi connectivity index (χ4v) is 3.87. The van der Waals surface area contributed by atoms with E-state index in [1.165, 1.54) is 44.2 Å².